The van der Waals surface area contributed by atoms with Gasteiger partial charge in [0.15, 0.2) is 0 Å². The van der Waals surface area contributed by atoms with E-state index in [9.17, 15) is 28.5 Å². The third kappa shape index (κ3) is 5.57. The molecule has 1 heterocycles. The third-order valence-corrected chi connectivity index (χ3v) is 5.66. The average Bonchev–Trinajstić information content (AvgIpc) is 2.86. The number of rotatable bonds is 8. The molecule has 1 saturated heterocycles. The van der Waals surface area contributed by atoms with E-state index in [-0.39, 0.29) is 29.6 Å². The molecule has 0 aromatic heterocycles. The Bertz CT molecular complexity index is 1280. The van der Waals surface area contributed by atoms with Crippen LogP contribution in [-0.4, -0.2) is 30.0 Å². The number of amides is 1. The number of nitro groups is 1. The van der Waals surface area contributed by atoms with Crippen LogP contribution < -0.4 is 4.90 Å². The van der Waals surface area contributed by atoms with Crippen molar-refractivity contribution in [2.24, 2.45) is 5.92 Å². The normalized spacial score (nSPS) is 16.1. The second-order valence-corrected chi connectivity index (χ2v) is 7.98. The second kappa shape index (κ2) is 10.3. The van der Waals surface area contributed by atoms with E-state index in [0.717, 1.165) is 6.07 Å². The van der Waals surface area contributed by atoms with Gasteiger partial charge in [-0.1, -0.05) is 30.4 Å². The largest absolute Gasteiger partial charge is 0.461 e. The Labute approximate surface area is 199 Å². The molecule has 0 aliphatic carbocycles. The topological polar surface area (TPSA) is 89.8 Å². The highest BCUT2D eigenvalue weighted by Crippen LogP contribution is 2.29. The van der Waals surface area contributed by atoms with Crippen LogP contribution in [0.1, 0.15) is 21.8 Å². The molecule has 7 nitrogen and oxygen atoms in total. The summed E-state index contributed by atoms with van der Waals surface area (Å²) in [6.45, 7) is 0.289. The first-order valence-corrected chi connectivity index (χ1v) is 10.7. The van der Waals surface area contributed by atoms with Gasteiger partial charge in [-0.3, -0.25) is 14.9 Å². The number of benzene rings is 3. The number of nitrogens with zero attached hydrogens (tertiary/aromatic N) is 2. The lowest BCUT2D eigenvalue weighted by Crippen LogP contribution is -2.51. The fraction of sp³-hybridized carbons (Fsp3) is 0.154. The van der Waals surface area contributed by atoms with Crippen LogP contribution in [0, 0.1) is 27.7 Å². The molecule has 2 unspecified atom stereocenters. The van der Waals surface area contributed by atoms with Crippen LogP contribution in [0.5, 0.6) is 0 Å². The Morgan fingerprint density at radius 3 is 2.37 bits per heavy atom. The molecule has 2 atom stereocenters. The van der Waals surface area contributed by atoms with Crippen LogP contribution in [0.15, 0.2) is 84.9 Å². The summed E-state index contributed by atoms with van der Waals surface area (Å²) in [6, 6.07) is 16.5. The zero-order valence-electron chi connectivity index (χ0n) is 18.3. The van der Waals surface area contributed by atoms with E-state index in [1.165, 1.54) is 59.5 Å². The summed E-state index contributed by atoms with van der Waals surface area (Å²) in [7, 11) is 0. The number of carbonyl (C=O) groups is 2. The predicted molar refractivity (Wildman–Crippen MR) is 124 cm³/mol. The molecular weight excluding hydrogens is 458 g/mol. The zero-order valence-corrected chi connectivity index (χ0v) is 18.3. The molecule has 4 rings (SSSR count). The molecule has 0 N–H and O–H groups in total. The summed E-state index contributed by atoms with van der Waals surface area (Å²) in [6.07, 6.45) is 3.43. The van der Waals surface area contributed by atoms with E-state index in [2.05, 4.69) is 0 Å². The zero-order chi connectivity index (χ0) is 24.9. The quantitative estimate of drug-likeness (QED) is 0.149. The molecule has 0 bridgehead atoms. The van der Waals surface area contributed by atoms with Gasteiger partial charge in [-0.15, -0.1) is 0 Å². The van der Waals surface area contributed by atoms with Gasteiger partial charge < -0.3 is 9.64 Å². The van der Waals surface area contributed by atoms with Crippen molar-refractivity contribution in [3.63, 3.8) is 0 Å². The van der Waals surface area contributed by atoms with Crippen molar-refractivity contribution in [2.45, 2.75) is 5.92 Å². The number of ether oxygens (including phenoxy) is 1. The number of halogens is 2. The summed E-state index contributed by atoms with van der Waals surface area (Å²) in [5.74, 6) is -2.59. The fourth-order valence-electron chi connectivity index (χ4n) is 3.69. The molecule has 1 fully saturated rings. The number of non-ortho nitro benzene ring substituents is 1. The number of carbonyl (C=O) groups excluding carboxylic acids is 2. The Hall–Kier alpha value is -4.40. The number of β-lactam (4-membered cyclic amide) rings is 1. The van der Waals surface area contributed by atoms with Gasteiger partial charge in [0.2, 0.25) is 5.91 Å². The highest BCUT2D eigenvalue weighted by Gasteiger charge is 2.35. The summed E-state index contributed by atoms with van der Waals surface area (Å²) < 4.78 is 31.9. The maximum Gasteiger partial charge on any atom is 0.338 e. The first kappa shape index (κ1) is 23.7. The minimum Gasteiger partial charge on any atom is -0.461 e. The number of nitro benzene ring substituents is 1. The van der Waals surface area contributed by atoms with Crippen molar-refractivity contribution in [2.75, 3.05) is 18.1 Å². The molecule has 35 heavy (non-hydrogen) atoms. The standard InChI is InChI=1S/C26H20F2N2O5/c27-21-8-6-17(7-9-21)20(16-35-26(32)18-2-1-3-24(14-18)30(33)34)5-4-19-15-29(25(19)31)23-12-10-22(28)11-13-23/h1-14,19-20H,15-16H2/b5-4-. The maximum absolute atomic E-state index is 13.4. The van der Waals surface area contributed by atoms with E-state index in [4.69, 9.17) is 4.74 Å². The summed E-state index contributed by atoms with van der Waals surface area (Å²) in [5.41, 5.74) is 1.06. The number of anilines is 1. The van der Waals surface area contributed by atoms with E-state index < -0.39 is 28.5 Å². The molecule has 0 saturated carbocycles. The third-order valence-electron chi connectivity index (χ3n) is 5.66. The minimum absolute atomic E-state index is 0.0325. The fourth-order valence-corrected chi connectivity index (χ4v) is 3.69. The average molecular weight is 478 g/mol. The van der Waals surface area contributed by atoms with Crippen molar-refractivity contribution in [3.8, 4) is 0 Å². The van der Waals surface area contributed by atoms with Crippen LogP contribution in [0.4, 0.5) is 20.2 Å². The van der Waals surface area contributed by atoms with Crippen molar-refractivity contribution in [1.82, 2.24) is 0 Å². The Balaban J connectivity index is 1.45. The number of hydrogen-bond donors (Lipinski definition) is 0. The van der Waals surface area contributed by atoms with Crippen LogP contribution in [0.25, 0.3) is 0 Å². The molecular formula is C26H20F2N2O5. The molecule has 3 aromatic carbocycles. The van der Waals surface area contributed by atoms with Crippen molar-refractivity contribution < 1.29 is 28.0 Å². The van der Waals surface area contributed by atoms with Crippen molar-refractivity contribution in [3.05, 3.63) is 118 Å². The van der Waals surface area contributed by atoms with E-state index in [1.54, 1.807) is 24.3 Å². The summed E-state index contributed by atoms with van der Waals surface area (Å²) in [4.78, 5) is 36.9. The Kier molecular flexibility index (Phi) is 6.96. The minimum atomic E-state index is -0.739. The lowest BCUT2D eigenvalue weighted by atomic mass is 9.93. The highest BCUT2D eigenvalue weighted by molar-refractivity contribution is 6.02. The SMILES string of the molecule is O=C(OCC(/C=C\C1CN(c2ccc(F)cc2)C1=O)c1ccc(F)cc1)c1cccc([N+](=O)[O-])c1. The molecule has 9 heteroatoms. The van der Waals surface area contributed by atoms with E-state index in [0.29, 0.717) is 17.8 Å². The number of hydrogen-bond acceptors (Lipinski definition) is 5. The first-order valence-electron chi connectivity index (χ1n) is 10.7. The molecule has 1 aliphatic heterocycles. The van der Waals surface area contributed by atoms with Crippen LogP contribution in [0.3, 0.4) is 0 Å². The lowest BCUT2D eigenvalue weighted by molar-refractivity contribution is -0.384. The smallest absolute Gasteiger partial charge is 0.338 e. The van der Waals surface area contributed by atoms with Gasteiger partial charge in [0.05, 0.1) is 16.4 Å². The second-order valence-electron chi connectivity index (χ2n) is 7.98. The van der Waals surface area contributed by atoms with Gasteiger partial charge in [-0.2, -0.15) is 0 Å². The van der Waals surface area contributed by atoms with Crippen molar-refractivity contribution in [1.29, 1.82) is 0 Å². The molecule has 178 valence electrons. The van der Waals surface area contributed by atoms with Gasteiger partial charge in [0.25, 0.3) is 5.69 Å². The summed E-state index contributed by atoms with van der Waals surface area (Å²) >= 11 is 0. The Morgan fingerprint density at radius 1 is 1.09 bits per heavy atom. The van der Waals surface area contributed by atoms with Crippen LogP contribution >= 0.6 is 0 Å². The van der Waals surface area contributed by atoms with Crippen molar-refractivity contribution >= 4 is 23.3 Å². The molecule has 3 aromatic rings. The van der Waals surface area contributed by atoms with Gasteiger partial charge in [-0.25, -0.2) is 13.6 Å². The number of esters is 1. The molecule has 1 amide bonds. The molecule has 0 radical (unpaired) electrons. The van der Waals surface area contributed by atoms with E-state index in [1.807, 2.05) is 0 Å². The van der Waals surface area contributed by atoms with Gasteiger partial charge >= 0.3 is 5.97 Å². The van der Waals surface area contributed by atoms with Crippen LogP contribution in [-0.2, 0) is 9.53 Å². The monoisotopic (exact) mass is 478 g/mol. The molecule has 0 spiro atoms. The van der Waals surface area contributed by atoms with Gasteiger partial charge in [0, 0.05) is 30.3 Å². The van der Waals surface area contributed by atoms with E-state index >= 15 is 0 Å². The Morgan fingerprint density at radius 2 is 1.74 bits per heavy atom. The van der Waals surface area contributed by atoms with Gasteiger partial charge in [0.1, 0.15) is 18.2 Å². The maximum atomic E-state index is 13.4. The first-order chi connectivity index (χ1) is 16.8. The van der Waals surface area contributed by atoms with Crippen LogP contribution in [0.2, 0.25) is 0 Å². The van der Waals surface area contributed by atoms with Gasteiger partial charge in [-0.05, 0) is 48.0 Å². The molecule has 1 aliphatic rings. The predicted octanol–water partition coefficient (Wildman–Crippen LogP) is 5.03. The highest BCUT2D eigenvalue weighted by atomic mass is 19.1. The lowest BCUT2D eigenvalue weighted by Gasteiger charge is -2.37. The summed E-state index contributed by atoms with van der Waals surface area (Å²) in [5, 5.41) is 11.0.